The Morgan fingerprint density at radius 2 is 1.83 bits per heavy atom. The Hall–Kier alpha value is -0.613. The second kappa shape index (κ2) is 2.71. The van der Waals surface area contributed by atoms with Gasteiger partial charge in [-0.1, -0.05) is 19.6 Å². The first-order valence-corrected chi connectivity index (χ1v) is 7.48. The van der Waals surface area contributed by atoms with E-state index in [9.17, 15) is 10.2 Å². The summed E-state index contributed by atoms with van der Waals surface area (Å²) in [5.41, 5.74) is 0. The zero-order valence-electron chi connectivity index (χ0n) is 7.30. The largest absolute Gasteiger partial charge is 0.494 e. The second-order valence-corrected chi connectivity index (χ2v) is 9.15. The molecule has 2 N–H and O–H groups in total. The van der Waals surface area contributed by atoms with Gasteiger partial charge in [0.1, 0.15) is 0 Å². The van der Waals surface area contributed by atoms with Crippen molar-refractivity contribution >= 4 is 25.0 Å². The van der Waals surface area contributed by atoms with Gasteiger partial charge in [0.2, 0.25) is 11.8 Å². The van der Waals surface area contributed by atoms with E-state index in [1.54, 1.807) is 0 Å². The molecule has 1 heterocycles. The Morgan fingerprint density at radius 3 is 2.00 bits per heavy atom. The van der Waals surface area contributed by atoms with Gasteiger partial charge in [0.05, 0.1) is 8.07 Å². The molecule has 0 aliphatic carbocycles. The van der Waals surface area contributed by atoms with Gasteiger partial charge in [0.25, 0.3) is 0 Å². The summed E-state index contributed by atoms with van der Waals surface area (Å²) in [7, 11) is -1.60. The van der Waals surface area contributed by atoms with Crippen LogP contribution in [-0.2, 0) is 0 Å². The highest BCUT2D eigenvalue weighted by Crippen LogP contribution is 2.23. The standard InChI is InChI=1S/C7H12ClNO2Si/c1-12(2,3)5-4-6(10)9(8)7(5)11/h4,10-11H,1-3H3. The lowest BCUT2D eigenvalue weighted by atomic mass is 10.6. The summed E-state index contributed by atoms with van der Waals surface area (Å²) in [6.07, 6.45) is 0. The molecule has 3 nitrogen and oxygen atoms in total. The molecule has 12 heavy (non-hydrogen) atoms. The Balaban J connectivity index is 3.28. The summed E-state index contributed by atoms with van der Waals surface area (Å²) in [5.74, 6) is -0.139. The van der Waals surface area contributed by atoms with E-state index in [1.165, 1.54) is 6.07 Å². The van der Waals surface area contributed by atoms with Gasteiger partial charge in [-0.05, 0) is 0 Å². The van der Waals surface area contributed by atoms with E-state index < -0.39 is 8.07 Å². The summed E-state index contributed by atoms with van der Waals surface area (Å²) in [6, 6.07) is 1.52. The van der Waals surface area contributed by atoms with Crippen LogP contribution in [0, 0.1) is 0 Å². The van der Waals surface area contributed by atoms with Gasteiger partial charge < -0.3 is 10.2 Å². The van der Waals surface area contributed by atoms with Gasteiger partial charge in [-0.15, -0.1) is 0 Å². The maximum atomic E-state index is 9.46. The smallest absolute Gasteiger partial charge is 0.209 e. The summed E-state index contributed by atoms with van der Waals surface area (Å²) in [4.78, 5) is 0. The number of aromatic nitrogens is 1. The highest BCUT2D eigenvalue weighted by molar-refractivity contribution is 6.89. The minimum absolute atomic E-state index is 0.0340. The second-order valence-electron chi connectivity index (χ2n) is 3.77. The molecular formula is C7H12ClNO2Si. The molecule has 1 aromatic heterocycles. The number of rotatable bonds is 1. The number of hydrogen-bond acceptors (Lipinski definition) is 2. The van der Waals surface area contributed by atoms with E-state index >= 15 is 0 Å². The maximum Gasteiger partial charge on any atom is 0.209 e. The normalized spacial score (nSPS) is 12.0. The average Bonchev–Trinajstić information content (AvgIpc) is 2.15. The van der Waals surface area contributed by atoms with Crippen molar-refractivity contribution in [2.45, 2.75) is 19.6 Å². The molecule has 1 aromatic rings. The van der Waals surface area contributed by atoms with Crippen LogP contribution in [0.1, 0.15) is 0 Å². The van der Waals surface area contributed by atoms with E-state index in [4.69, 9.17) is 11.8 Å². The molecule has 0 aromatic carbocycles. The minimum Gasteiger partial charge on any atom is -0.494 e. The topological polar surface area (TPSA) is 45.4 Å². The molecule has 0 aliphatic heterocycles. The molecule has 0 fully saturated rings. The molecule has 0 radical (unpaired) electrons. The first kappa shape index (κ1) is 9.47. The number of aromatic hydroxyl groups is 2. The lowest BCUT2D eigenvalue weighted by molar-refractivity contribution is 0.415. The van der Waals surface area contributed by atoms with Gasteiger partial charge in [-0.25, -0.2) is 0 Å². The molecule has 0 atom stereocenters. The summed E-state index contributed by atoms with van der Waals surface area (Å²) < 4.78 is 0.869. The van der Waals surface area contributed by atoms with Crippen molar-refractivity contribution in [3.63, 3.8) is 0 Å². The molecule has 0 bridgehead atoms. The Morgan fingerprint density at radius 1 is 1.33 bits per heavy atom. The summed E-state index contributed by atoms with van der Waals surface area (Å²) in [6.45, 7) is 6.20. The van der Waals surface area contributed by atoms with E-state index in [0.717, 1.165) is 9.27 Å². The highest BCUT2D eigenvalue weighted by Gasteiger charge is 2.25. The summed E-state index contributed by atoms with van der Waals surface area (Å²) in [5, 5.41) is 19.4. The highest BCUT2D eigenvalue weighted by atomic mass is 35.5. The lowest BCUT2D eigenvalue weighted by Crippen LogP contribution is -2.36. The zero-order chi connectivity index (χ0) is 9.52. The minimum atomic E-state index is -1.60. The Labute approximate surface area is 77.3 Å². The molecule has 68 valence electrons. The molecule has 0 saturated carbocycles. The van der Waals surface area contributed by atoms with Gasteiger partial charge in [-0.3, -0.25) is 0 Å². The predicted molar refractivity (Wildman–Crippen MR) is 52.0 cm³/mol. The number of nitrogens with zero attached hydrogens (tertiary/aromatic N) is 1. The van der Waals surface area contributed by atoms with Crippen molar-refractivity contribution in [3.8, 4) is 11.8 Å². The molecule has 0 saturated heterocycles. The fourth-order valence-corrected chi connectivity index (χ4v) is 2.57. The Bertz CT molecular complexity index is 303. The first-order chi connectivity index (χ1) is 5.34. The molecule has 0 aliphatic rings. The van der Waals surface area contributed by atoms with Crippen molar-refractivity contribution in [3.05, 3.63) is 6.07 Å². The monoisotopic (exact) mass is 205 g/mol. The van der Waals surface area contributed by atoms with E-state index in [2.05, 4.69) is 19.6 Å². The van der Waals surface area contributed by atoms with Crippen LogP contribution in [0.3, 0.4) is 0 Å². The van der Waals surface area contributed by atoms with Crippen molar-refractivity contribution in [1.82, 2.24) is 4.09 Å². The van der Waals surface area contributed by atoms with E-state index in [-0.39, 0.29) is 11.8 Å². The van der Waals surface area contributed by atoms with Crippen LogP contribution in [0.25, 0.3) is 0 Å². The molecule has 0 spiro atoms. The Kier molecular flexibility index (Phi) is 2.14. The SMILES string of the molecule is C[Si](C)(C)c1cc(O)n(Cl)c1O. The van der Waals surface area contributed by atoms with Crippen LogP contribution in [0.15, 0.2) is 6.07 Å². The third kappa shape index (κ3) is 1.44. The van der Waals surface area contributed by atoms with Crippen molar-refractivity contribution in [1.29, 1.82) is 0 Å². The number of halogens is 1. The summed E-state index contributed by atoms with van der Waals surface area (Å²) >= 11 is 5.54. The van der Waals surface area contributed by atoms with E-state index in [0.29, 0.717) is 0 Å². The van der Waals surface area contributed by atoms with Gasteiger partial charge in [-0.2, -0.15) is 4.09 Å². The first-order valence-electron chi connectivity index (χ1n) is 3.64. The van der Waals surface area contributed by atoms with Crippen LogP contribution in [0.4, 0.5) is 0 Å². The van der Waals surface area contributed by atoms with Crippen molar-refractivity contribution in [2.24, 2.45) is 0 Å². The molecule has 0 amide bonds. The maximum absolute atomic E-state index is 9.46. The van der Waals surface area contributed by atoms with Crippen LogP contribution >= 0.6 is 11.8 Å². The quantitative estimate of drug-likeness (QED) is 0.682. The van der Waals surface area contributed by atoms with Crippen LogP contribution < -0.4 is 5.19 Å². The molecular weight excluding hydrogens is 194 g/mol. The zero-order valence-corrected chi connectivity index (χ0v) is 9.05. The molecule has 5 heteroatoms. The van der Waals surface area contributed by atoms with E-state index in [1.807, 2.05) is 0 Å². The number of hydrogen-bond donors (Lipinski definition) is 2. The predicted octanol–water partition coefficient (Wildman–Crippen LogP) is 1.45. The van der Waals surface area contributed by atoms with Crippen LogP contribution in [0.2, 0.25) is 19.6 Å². The third-order valence-electron chi connectivity index (χ3n) is 1.71. The van der Waals surface area contributed by atoms with Gasteiger partial charge in [0, 0.05) is 23.0 Å². The van der Waals surface area contributed by atoms with Crippen LogP contribution in [0.5, 0.6) is 11.8 Å². The van der Waals surface area contributed by atoms with Gasteiger partial charge >= 0.3 is 0 Å². The lowest BCUT2D eigenvalue weighted by Gasteiger charge is -2.13. The third-order valence-corrected chi connectivity index (χ3v) is 4.03. The fraction of sp³-hybridized carbons (Fsp3) is 0.429. The van der Waals surface area contributed by atoms with Crippen LogP contribution in [-0.4, -0.2) is 22.4 Å². The molecule has 0 unspecified atom stereocenters. The average molecular weight is 206 g/mol. The fourth-order valence-electron chi connectivity index (χ4n) is 1.02. The molecule has 1 rings (SSSR count). The van der Waals surface area contributed by atoms with Crippen molar-refractivity contribution in [2.75, 3.05) is 0 Å². The van der Waals surface area contributed by atoms with Gasteiger partial charge in [0.15, 0.2) is 0 Å². The van der Waals surface area contributed by atoms with Crippen molar-refractivity contribution < 1.29 is 10.2 Å².